The third-order valence-corrected chi connectivity index (χ3v) is 6.32. The number of aromatic amines is 1. The molecule has 2 fully saturated rings. The van der Waals surface area contributed by atoms with Crippen LogP contribution in [0.1, 0.15) is 37.5 Å². The fourth-order valence-electron chi connectivity index (χ4n) is 4.58. The number of hydrogen-bond donors (Lipinski definition) is 2. The molecule has 1 aliphatic carbocycles. The maximum Gasteiger partial charge on any atom is 0.143 e. The smallest absolute Gasteiger partial charge is 0.143 e. The van der Waals surface area contributed by atoms with E-state index in [1.54, 1.807) is 6.33 Å². The van der Waals surface area contributed by atoms with Crippen LogP contribution in [-0.2, 0) is 4.74 Å². The van der Waals surface area contributed by atoms with Crippen molar-refractivity contribution in [2.24, 2.45) is 0 Å². The van der Waals surface area contributed by atoms with Gasteiger partial charge in [-0.1, -0.05) is 18.2 Å². The van der Waals surface area contributed by atoms with Gasteiger partial charge in [0.2, 0.25) is 0 Å². The molecule has 3 aromatic rings. The summed E-state index contributed by atoms with van der Waals surface area (Å²) in [5.74, 6) is 2.49. The van der Waals surface area contributed by atoms with Crippen LogP contribution >= 0.6 is 0 Å². The van der Waals surface area contributed by atoms with Crippen molar-refractivity contribution >= 4 is 16.9 Å². The Hall–Kier alpha value is -2.64. The lowest BCUT2D eigenvalue weighted by Crippen LogP contribution is -2.52. The summed E-state index contributed by atoms with van der Waals surface area (Å²) < 4.78 is 11.7. The number of ether oxygens (including phenoxy) is 2. The van der Waals surface area contributed by atoms with E-state index in [1.165, 1.54) is 24.1 Å². The van der Waals surface area contributed by atoms with E-state index in [2.05, 4.69) is 49.4 Å². The molecule has 2 N–H and O–H groups in total. The second-order valence-electron chi connectivity index (χ2n) is 8.17. The van der Waals surface area contributed by atoms with Crippen molar-refractivity contribution in [3.63, 3.8) is 0 Å². The molecule has 7 nitrogen and oxygen atoms in total. The quantitative estimate of drug-likeness (QED) is 0.708. The second-order valence-corrected chi connectivity index (χ2v) is 8.17. The first-order valence-corrected chi connectivity index (χ1v) is 10.5. The summed E-state index contributed by atoms with van der Waals surface area (Å²) in [6, 6.07) is 10.9. The van der Waals surface area contributed by atoms with Gasteiger partial charge in [0, 0.05) is 25.8 Å². The van der Waals surface area contributed by atoms with Crippen molar-refractivity contribution in [3.8, 4) is 5.75 Å². The van der Waals surface area contributed by atoms with Crippen LogP contribution in [0.15, 0.2) is 36.7 Å². The molecular weight excluding hydrogens is 366 g/mol. The number of aromatic nitrogens is 3. The van der Waals surface area contributed by atoms with Crippen LogP contribution in [0.3, 0.4) is 0 Å². The zero-order valence-electron chi connectivity index (χ0n) is 16.3. The molecule has 1 saturated heterocycles. The molecule has 0 amide bonds. The van der Waals surface area contributed by atoms with Crippen LogP contribution < -0.4 is 10.1 Å². The van der Waals surface area contributed by atoms with Crippen LogP contribution in [0.5, 0.6) is 5.75 Å². The van der Waals surface area contributed by atoms with Crippen molar-refractivity contribution in [2.45, 2.75) is 30.8 Å². The maximum atomic E-state index is 6.13. The number of nitrogens with zero attached hydrogens (tertiary/aromatic N) is 3. The standard InChI is InChI=1S/C22H25N5O2.H2/c1-2-4-19-15(3-1)20(18(12-29-19)27-7-9-28-10-8-27)26-22-16-11-17(14-5-6-14)25-21(16)23-13-24-22;/h1-4,11,13-14,18,20H,5-10,12H2,(H2,23,24,25,26);1H/t18-,20-;/m0./s1. The molecule has 2 atom stereocenters. The van der Waals surface area contributed by atoms with E-state index in [0.29, 0.717) is 12.5 Å². The number of hydrogen-bond acceptors (Lipinski definition) is 6. The van der Waals surface area contributed by atoms with E-state index in [4.69, 9.17) is 9.47 Å². The first kappa shape index (κ1) is 17.2. The summed E-state index contributed by atoms with van der Waals surface area (Å²) in [6.45, 7) is 4.03. The SMILES string of the molecule is [HH].c1ccc2c(c1)OC[C@H](N1CCOCC1)[C@H]2Nc1ncnc2[nH]c(C3CC3)cc12. The number of H-pyrrole nitrogens is 1. The molecule has 152 valence electrons. The minimum Gasteiger partial charge on any atom is -0.491 e. The van der Waals surface area contributed by atoms with Gasteiger partial charge in [-0.15, -0.1) is 0 Å². The molecular formula is C22H27N5O2. The first-order chi connectivity index (χ1) is 14.4. The van der Waals surface area contributed by atoms with Crippen LogP contribution in [0.25, 0.3) is 11.0 Å². The maximum absolute atomic E-state index is 6.13. The number of rotatable bonds is 4. The van der Waals surface area contributed by atoms with Crippen molar-refractivity contribution in [1.29, 1.82) is 0 Å². The number of fused-ring (bicyclic) bond motifs is 2. The lowest BCUT2D eigenvalue weighted by Gasteiger charge is -2.42. The zero-order chi connectivity index (χ0) is 19.2. The Bertz CT molecular complexity index is 1030. The minimum atomic E-state index is 0. The van der Waals surface area contributed by atoms with Gasteiger partial charge in [0.25, 0.3) is 0 Å². The molecule has 0 unspecified atom stereocenters. The average Bonchev–Trinajstić information content (AvgIpc) is 3.53. The van der Waals surface area contributed by atoms with Gasteiger partial charge in [0.05, 0.1) is 30.7 Å². The average molecular weight is 393 g/mol. The van der Waals surface area contributed by atoms with Crippen LogP contribution in [0.2, 0.25) is 0 Å². The topological polar surface area (TPSA) is 75.3 Å². The Kier molecular flexibility index (Phi) is 4.16. The highest BCUT2D eigenvalue weighted by Gasteiger charge is 2.36. The fourth-order valence-corrected chi connectivity index (χ4v) is 4.58. The van der Waals surface area contributed by atoms with Gasteiger partial charge in [-0.05, 0) is 30.9 Å². The molecule has 0 bridgehead atoms. The third-order valence-electron chi connectivity index (χ3n) is 6.32. The molecule has 1 aromatic carbocycles. The Balaban J connectivity index is 0.00000193. The third kappa shape index (κ3) is 3.14. The fraction of sp³-hybridized carbons (Fsp3) is 0.455. The first-order valence-electron chi connectivity index (χ1n) is 10.5. The summed E-state index contributed by atoms with van der Waals surface area (Å²) in [4.78, 5) is 15.0. The number of anilines is 1. The monoisotopic (exact) mass is 393 g/mol. The highest BCUT2D eigenvalue weighted by molar-refractivity contribution is 5.88. The molecule has 0 spiro atoms. The molecule has 1 saturated carbocycles. The molecule has 29 heavy (non-hydrogen) atoms. The van der Waals surface area contributed by atoms with Gasteiger partial charge in [0.1, 0.15) is 30.1 Å². The molecule has 4 heterocycles. The summed E-state index contributed by atoms with van der Waals surface area (Å²) >= 11 is 0. The van der Waals surface area contributed by atoms with Crippen molar-refractivity contribution in [3.05, 3.63) is 47.9 Å². The van der Waals surface area contributed by atoms with Gasteiger partial charge in [-0.25, -0.2) is 9.97 Å². The largest absolute Gasteiger partial charge is 0.491 e. The second kappa shape index (κ2) is 7.00. The Morgan fingerprint density at radius 2 is 2.00 bits per heavy atom. The number of para-hydroxylation sites is 1. The Morgan fingerprint density at radius 1 is 1.14 bits per heavy atom. The van der Waals surface area contributed by atoms with Gasteiger partial charge in [-0.2, -0.15) is 0 Å². The van der Waals surface area contributed by atoms with Gasteiger partial charge < -0.3 is 19.8 Å². The van der Waals surface area contributed by atoms with Crippen LogP contribution in [0, 0.1) is 0 Å². The van der Waals surface area contributed by atoms with Crippen LogP contribution in [-0.4, -0.2) is 58.8 Å². The minimum absolute atomic E-state index is 0. The van der Waals surface area contributed by atoms with Gasteiger partial charge in [-0.3, -0.25) is 4.90 Å². The predicted octanol–water partition coefficient (Wildman–Crippen LogP) is 3.33. The number of benzene rings is 1. The molecule has 6 rings (SSSR count). The van der Waals surface area contributed by atoms with E-state index in [0.717, 1.165) is 48.9 Å². The Morgan fingerprint density at radius 3 is 2.86 bits per heavy atom. The number of morpholine rings is 1. The van der Waals surface area contributed by atoms with Crippen LogP contribution in [0.4, 0.5) is 5.82 Å². The number of nitrogens with one attached hydrogen (secondary N) is 2. The van der Waals surface area contributed by atoms with E-state index < -0.39 is 0 Å². The van der Waals surface area contributed by atoms with Gasteiger partial charge in [0.15, 0.2) is 0 Å². The summed E-state index contributed by atoms with van der Waals surface area (Å²) in [5.41, 5.74) is 3.37. The van der Waals surface area contributed by atoms with E-state index in [-0.39, 0.29) is 13.5 Å². The lowest BCUT2D eigenvalue weighted by molar-refractivity contribution is -0.00341. The Labute approximate surface area is 170 Å². The molecule has 3 aliphatic rings. The molecule has 2 aliphatic heterocycles. The van der Waals surface area contributed by atoms with E-state index in [1.807, 2.05) is 6.07 Å². The van der Waals surface area contributed by atoms with Crippen molar-refractivity contribution in [1.82, 2.24) is 19.9 Å². The summed E-state index contributed by atoms with van der Waals surface area (Å²) in [6.07, 6.45) is 4.16. The summed E-state index contributed by atoms with van der Waals surface area (Å²) in [7, 11) is 0. The highest BCUT2D eigenvalue weighted by Crippen LogP contribution is 2.42. The van der Waals surface area contributed by atoms with Crippen molar-refractivity contribution < 1.29 is 10.9 Å². The predicted molar refractivity (Wildman–Crippen MR) is 112 cm³/mol. The van der Waals surface area contributed by atoms with Crippen molar-refractivity contribution in [2.75, 3.05) is 38.2 Å². The van der Waals surface area contributed by atoms with E-state index >= 15 is 0 Å². The lowest BCUT2D eigenvalue weighted by atomic mass is 9.94. The molecule has 7 heteroatoms. The molecule has 0 radical (unpaired) electrons. The van der Waals surface area contributed by atoms with Gasteiger partial charge >= 0.3 is 0 Å². The molecule has 2 aromatic heterocycles. The zero-order valence-corrected chi connectivity index (χ0v) is 16.3. The normalized spacial score (nSPS) is 24.8. The highest BCUT2D eigenvalue weighted by atomic mass is 16.5. The van der Waals surface area contributed by atoms with E-state index in [9.17, 15) is 0 Å². The summed E-state index contributed by atoms with van der Waals surface area (Å²) in [5, 5.41) is 4.84.